The predicted molar refractivity (Wildman–Crippen MR) is 61.1 cm³/mol. The third kappa shape index (κ3) is 3.17. The number of alkyl halides is 1. The van der Waals surface area contributed by atoms with Gasteiger partial charge >= 0.3 is 11.9 Å². The Morgan fingerprint density at radius 1 is 1.56 bits per heavy atom. The molecule has 18 heavy (non-hydrogen) atoms. The van der Waals surface area contributed by atoms with E-state index in [1.165, 1.54) is 6.07 Å². The van der Waals surface area contributed by atoms with Crippen molar-refractivity contribution in [3.63, 3.8) is 0 Å². The largest absolute Gasteiger partial charge is 0.465 e. The molecule has 0 aliphatic heterocycles. The van der Waals surface area contributed by atoms with E-state index in [2.05, 4.69) is 4.74 Å². The number of halogens is 1. The van der Waals surface area contributed by atoms with Gasteiger partial charge < -0.3 is 9.15 Å². The lowest BCUT2D eigenvalue weighted by molar-refractivity contribution is -0.402. The van der Waals surface area contributed by atoms with Gasteiger partial charge in [-0.15, -0.1) is 11.6 Å². The number of furan rings is 1. The summed E-state index contributed by atoms with van der Waals surface area (Å²) in [6.45, 7) is 0. The second kappa shape index (κ2) is 5.97. The lowest BCUT2D eigenvalue weighted by atomic mass is 10.1. The summed E-state index contributed by atoms with van der Waals surface area (Å²) in [6, 6.07) is 2.36. The number of methoxy groups -OCH3 is 1. The number of hydrogen-bond donors (Lipinski definition) is 0. The number of nitro groups is 1. The third-order valence-electron chi connectivity index (χ3n) is 1.91. The third-order valence-corrected chi connectivity index (χ3v) is 2.15. The van der Waals surface area contributed by atoms with Gasteiger partial charge in [-0.2, -0.15) is 0 Å². The van der Waals surface area contributed by atoms with Crippen LogP contribution in [-0.4, -0.2) is 29.7 Å². The molecule has 0 N–H and O–H groups in total. The number of rotatable bonds is 5. The summed E-state index contributed by atoms with van der Waals surface area (Å²) in [7, 11) is 1.10. The highest BCUT2D eigenvalue weighted by atomic mass is 35.5. The Hall–Kier alpha value is -2.15. The zero-order valence-electron chi connectivity index (χ0n) is 9.21. The van der Waals surface area contributed by atoms with Gasteiger partial charge in [-0.25, -0.2) is 4.79 Å². The van der Waals surface area contributed by atoms with Gasteiger partial charge in [-0.3, -0.25) is 14.9 Å². The molecule has 0 aliphatic rings. The maximum atomic E-state index is 11.4. The second-order valence-corrected chi connectivity index (χ2v) is 3.31. The van der Waals surface area contributed by atoms with E-state index in [0.717, 1.165) is 19.3 Å². The second-order valence-electron chi connectivity index (χ2n) is 3.04. The number of esters is 1. The smallest absolute Gasteiger partial charge is 0.433 e. The van der Waals surface area contributed by atoms with Crippen molar-refractivity contribution >= 4 is 35.3 Å². The van der Waals surface area contributed by atoms with Crippen LogP contribution < -0.4 is 0 Å². The van der Waals surface area contributed by atoms with Crippen molar-refractivity contribution in [3.8, 4) is 0 Å². The fourth-order valence-corrected chi connectivity index (χ4v) is 1.24. The Balaban J connectivity index is 3.10. The molecule has 1 rings (SSSR count). The van der Waals surface area contributed by atoms with E-state index >= 15 is 0 Å². The minimum atomic E-state index is -0.889. The Morgan fingerprint density at radius 2 is 2.22 bits per heavy atom. The molecule has 7 nitrogen and oxygen atoms in total. The zero-order chi connectivity index (χ0) is 13.7. The summed E-state index contributed by atoms with van der Waals surface area (Å²) in [6.07, 6.45) is 1.05. The summed E-state index contributed by atoms with van der Waals surface area (Å²) >= 11 is 5.33. The summed E-state index contributed by atoms with van der Waals surface area (Å²) in [4.78, 5) is 32.3. The first-order valence-corrected chi connectivity index (χ1v) is 5.16. The molecule has 0 unspecified atom stereocenters. The first-order chi connectivity index (χ1) is 8.49. The normalized spacial score (nSPS) is 11.1. The van der Waals surface area contributed by atoms with Crippen LogP contribution in [0.1, 0.15) is 5.76 Å². The van der Waals surface area contributed by atoms with Gasteiger partial charge in [0, 0.05) is 0 Å². The Bertz CT molecular complexity index is 500. The quantitative estimate of drug-likeness (QED) is 0.153. The van der Waals surface area contributed by atoms with E-state index in [1.54, 1.807) is 0 Å². The Labute approximate surface area is 106 Å². The van der Waals surface area contributed by atoms with Crippen LogP contribution in [0.15, 0.2) is 22.1 Å². The summed E-state index contributed by atoms with van der Waals surface area (Å²) in [5.74, 6) is -2.48. The summed E-state index contributed by atoms with van der Waals surface area (Å²) < 4.78 is 9.19. The average Bonchev–Trinajstić information content (AvgIpc) is 2.82. The van der Waals surface area contributed by atoms with Gasteiger partial charge in [-0.1, -0.05) is 0 Å². The van der Waals surface area contributed by atoms with Crippen molar-refractivity contribution in [1.29, 1.82) is 0 Å². The Morgan fingerprint density at radius 3 is 2.67 bits per heavy atom. The van der Waals surface area contributed by atoms with Crippen LogP contribution in [0, 0.1) is 10.1 Å². The maximum Gasteiger partial charge on any atom is 0.433 e. The van der Waals surface area contributed by atoms with E-state index in [0.29, 0.717) is 0 Å². The zero-order valence-corrected chi connectivity index (χ0v) is 9.97. The highest BCUT2D eigenvalue weighted by Gasteiger charge is 2.19. The van der Waals surface area contributed by atoms with E-state index in [-0.39, 0.29) is 11.3 Å². The number of carbonyl (C=O) groups excluding carboxylic acids is 2. The Kier molecular flexibility index (Phi) is 4.61. The van der Waals surface area contributed by atoms with Gasteiger partial charge in [-0.05, 0) is 12.1 Å². The van der Waals surface area contributed by atoms with E-state index in [9.17, 15) is 19.7 Å². The highest BCUT2D eigenvalue weighted by Crippen LogP contribution is 2.18. The minimum Gasteiger partial charge on any atom is -0.465 e. The van der Waals surface area contributed by atoms with E-state index < -0.39 is 28.4 Å². The lowest BCUT2D eigenvalue weighted by Crippen LogP contribution is -2.15. The molecule has 0 aromatic carbocycles. The molecule has 0 atom stereocenters. The number of Topliss-reactive ketones (excluding diaryl/α,β-unsaturated/α-hetero) is 1. The molecule has 0 fully saturated rings. The minimum absolute atomic E-state index is 0.0134. The lowest BCUT2D eigenvalue weighted by Gasteiger charge is -2.00. The van der Waals surface area contributed by atoms with E-state index in [4.69, 9.17) is 16.0 Å². The van der Waals surface area contributed by atoms with Crippen LogP contribution in [0.4, 0.5) is 5.88 Å². The van der Waals surface area contributed by atoms with Gasteiger partial charge in [0.15, 0.2) is 5.78 Å². The van der Waals surface area contributed by atoms with Crippen LogP contribution in [0.25, 0.3) is 6.08 Å². The fraction of sp³-hybridized carbons (Fsp3) is 0.200. The van der Waals surface area contributed by atoms with Crippen LogP contribution in [0.5, 0.6) is 0 Å². The molecule has 0 saturated carbocycles. The van der Waals surface area contributed by atoms with Gasteiger partial charge in [0.1, 0.15) is 16.3 Å². The van der Waals surface area contributed by atoms with Crippen molar-refractivity contribution < 1.29 is 23.7 Å². The molecule has 0 radical (unpaired) electrons. The maximum absolute atomic E-state index is 11.4. The van der Waals surface area contributed by atoms with Crippen molar-refractivity contribution in [1.82, 2.24) is 0 Å². The molecule has 8 heteroatoms. The van der Waals surface area contributed by atoms with Crippen molar-refractivity contribution in [2.24, 2.45) is 0 Å². The SMILES string of the molecule is COC(=O)/C(=C\c1ccc([N+](=O)[O-])o1)C(=O)CCl. The number of ketones is 1. The molecule has 96 valence electrons. The van der Waals surface area contributed by atoms with Crippen LogP contribution in [0.3, 0.4) is 0 Å². The topological polar surface area (TPSA) is 99.7 Å². The molecule has 0 aliphatic carbocycles. The standard InChI is InChI=1S/C10H8ClNO6/c1-17-10(14)7(8(13)5-11)4-6-2-3-9(18-6)12(15)16/h2-4H,5H2,1H3/b7-4-. The van der Waals surface area contributed by atoms with Crippen LogP contribution in [-0.2, 0) is 14.3 Å². The molecule has 0 saturated heterocycles. The number of carbonyl (C=O) groups is 2. The van der Waals surface area contributed by atoms with Crippen molar-refractivity contribution in [2.75, 3.05) is 13.0 Å². The molecule has 0 amide bonds. The van der Waals surface area contributed by atoms with Crippen molar-refractivity contribution in [3.05, 3.63) is 33.6 Å². The van der Waals surface area contributed by atoms with Gasteiger partial charge in [0.25, 0.3) is 0 Å². The number of hydrogen-bond acceptors (Lipinski definition) is 6. The molecule has 1 aromatic heterocycles. The van der Waals surface area contributed by atoms with Gasteiger partial charge in [0.05, 0.1) is 19.1 Å². The molecule has 1 heterocycles. The summed E-state index contributed by atoms with van der Waals surface area (Å²) in [5, 5.41) is 10.4. The van der Waals surface area contributed by atoms with E-state index in [1.807, 2.05) is 0 Å². The molecule has 0 spiro atoms. The predicted octanol–water partition coefficient (Wildman–Crippen LogP) is 1.55. The first-order valence-electron chi connectivity index (χ1n) is 4.63. The molecule has 1 aromatic rings. The van der Waals surface area contributed by atoms with Crippen LogP contribution >= 0.6 is 11.6 Å². The average molecular weight is 274 g/mol. The fourth-order valence-electron chi connectivity index (χ4n) is 1.10. The van der Waals surface area contributed by atoms with Crippen LogP contribution in [0.2, 0.25) is 0 Å². The summed E-state index contributed by atoms with van der Waals surface area (Å²) in [5.41, 5.74) is -0.336. The molecule has 0 bridgehead atoms. The molecular formula is C10H8ClNO6. The molecular weight excluding hydrogens is 266 g/mol. The van der Waals surface area contributed by atoms with Gasteiger partial charge in [0.2, 0.25) is 0 Å². The number of nitrogens with zero attached hydrogens (tertiary/aromatic N) is 1. The number of ether oxygens (including phenoxy) is 1. The highest BCUT2D eigenvalue weighted by molar-refractivity contribution is 6.35. The van der Waals surface area contributed by atoms with Crippen molar-refractivity contribution in [2.45, 2.75) is 0 Å². The monoisotopic (exact) mass is 273 g/mol. The first kappa shape index (κ1) is 13.9.